The van der Waals surface area contributed by atoms with Gasteiger partial charge >= 0.3 is 0 Å². The number of hydrogen-bond acceptors (Lipinski definition) is 4. The van der Waals surface area contributed by atoms with Gasteiger partial charge in [0.05, 0.1) is 6.61 Å². The first kappa shape index (κ1) is 9.27. The van der Waals surface area contributed by atoms with Crippen LogP contribution in [0.1, 0.15) is 0 Å². The van der Waals surface area contributed by atoms with Gasteiger partial charge in [-0.25, -0.2) is 0 Å². The average molecular weight is 159 g/mol. The highest BCUT2D eigenvalue weighted by molar-refractivity contribution is 8.13. The summed E-state index contributed by atoms with van der Waals surface area (Å²) in [7, 11) is 1.59. The Hall–Kier alpha value is -0.730. The van der Waals surface area contributed by atoms with Gasteiger partial charge in [0.1, 0.15) is 0 Å². The van der Waals surface area contributed by atoms with Gasteiger partial charge in [0, 0.05) is 12.8 Å². The van der Waals surface area contributed by atoms with Crippen LogP contribution in [-0.4, -0.2) is 29.7 Å². The first-order valence-corrected chi connectivity index (χ1v) is 3.69. The van der Waals surface area contributed by atoms with Crippen LogP contribution in [0.5, 0.6) is 0 Å². The molecule has 0 amide bonds. The van der Waals surface area contributed by atoms with E-state index in [1.807, 2.05) is 0 Å². The smallest absolute Gasteiger partial charge is 0.183 e. The van der Waals surface area contributed by atoms with Gasteiger partial charge in [-0.05, 0) is 0 Å². The fourth-order valence-electron chi connectivity index (χ4n) is 0.347. The van der Waals surface area contributed by atoms with Gasteiger partial charge in [0.15, 0.2) is 11.4 Å². The van der Waals surface area contributed by atoms with E-state index in [2.05, 4.69) is 10.3 Å². The predicted octanol–water partition coefficient (Wildman–Crippen LogP) is -0.232. The SMILES string of the molecule is CN=C(NC#N)SCCO. The predicted molar refractivity (Wildman–Crippen MR) is 41.7 cm³/mol. The quantitative estimate of drug-likeness (QED) is 0.253. The molecule has 0 radical (unpaired) electrons. The molecule has 0 aromatic rings. The van der Waals surface area contributed by atoms with E-state index >= 15 is 0 Å². The van der Waals surface area contributed by atoms with Crippen molar-refractivity contribution < 1.29 is 5.11 Å². The molecule has 0 aliphatic heterocycles. The molecule has 0 bridgehead atoms. The summed E-state index contributed by atoms with van der Waals surface area (Å²) < 4.78 is 0. The Morgan fingerprint density at radius 1 is 1.90 bits per heavy atom. The summed E-state index contributed by atoms with van der Waals surface area (Å²) in [4.78, 5) is 3.75. The van der Waals surface area contributed by atoms with Crippen molar-refractivity contribution in [2.24, 2.45) is 4.99 Å². The van der Waals surface area contributed by atoms with Crippen molar-refractivity contribution in [3.8, 4) is 6.19 Å². The molecule has 0 rings (SSSR count). The molecule has 0 aliphatic rings. The van der Waals surface area contributed by atoms with Crippen LogP contribution in [-0.2, 0) is 0 Å². The second kappa shape index (κ2) is 6.39. The first-order valence-electron chi connectivity index (χ1n) is 2.70. The van der Waals surface area contributed by atoms with E-state index < -0.39 is 0 Å². The number of amidine groups is 1. The van der Waals surface area contributed by atoms with Crippen LogP contribution in [0.15, 0.2) is 4.99 Å². The number of rotatable bonds is 2. The minimum Gasteiger partial charge on any atom is -0.396 e. The number of nitrogens with zero attached hydrogens (tertiary/aromatic N) is 2. The Balaban J connectivity index is 3.54. The van der Waals surface area contributed by atoms with Crippen molar-refractivity contribution in [1.82, 2.24) is 5.32 Å². The molecule has 56 valence electrons. The molecule has 0 aliphatic carbocycles. The number of aliphatic imine (C=N–C) groups is 1. The minimum absolute atomic E-state index is 0.0940. The number of nitrogens with one attached hydrogen (secondary N) is 1. The van der Waals surface area contributed by atoms with Crippen LogP contribution >= 0.6 is 11.8 Å². The molecule has 0 spiro atoms. The lowest BCUT2D eigenvalue weighted by Crippen LogP contribution is -2.14. The van der Waals surface area contributed by atoms with Crippen LogP contribution in [0.4, 0.5) is 0 Å². The van der Waals surface area contributed by atoms with Gasteiger partial charge in [-0.15, -0.1) is 0 Å². The van der Waals surface area contributed by atoms with E-state index in [9.17, 15) is 0 Å². The summed E-state index contributed by atoms with van der Waals surface area (Å²) in [6, 6.07) is 0. The first-order chi connectivity index (χ1) is 4.85. The molecule has 0 heterocycles. The molecule has 0 saturated heterocycles. The second-order valence-corrected chi connectivity index (χ2v) is 2.42. The zero-order valence-electron chi connectivity index (χ0n) is 5.66. The van der Waals surface area contributed by atoms with Gasteiger partial charge in [0.2, 0.25) is 0 Å². The van der Waals surface area contributed by atoms with Crippen molar-refractivity contribution in [2.45, 2.75) is 0 Å². The second-order valence-electron chi connectivity index (χ2n) is 1.34. The number of aliphatic hydroxyl groups is 1. The van der Waals surface area contributed by atoms with E-state index in [0.717, 1.165) is 0 Å². The number of thioether (sulfide) groups is 1. The molecule has 0 aromatic carbocycles. The Morgan fingerprint density at radius 3 is 3.00 bits per heavy atom. The summed E-state index contributed by atoms with van der Waals surface area (Å²) in [6.45, 7) is 0.0940. The van der Waals surface area contributed by atoms with Crippen LogP contribution in [0.3, 0.4) is 0 Å². The fourth-order valence-corrected chi connectivity index (χ4v) is 0.878. The van der Waals surface area contributed by atoms with Gasteiger partial charge in [-0.3, -0.25) is 10.3 Å². The van der Waals surface area contributed by atoms with Crippen molar-refractivity contribution >= 4 is 16.9 Å². The van der Waals surface area contributed by atoms with Crippen molar-refractivity contribution in [3.63, 3.8) is 0 Å². The lowest BCUT2D eigenvalue weighted by atomic mass is 10.9. The third kappa shape index (κ3) is 4.18. The topological polar surface area (TPSA) is 68.4 Å². The molecular weight excluding hydrogens is 150 g/mol. The highest BCUT2D eigenvalue weighted by Crippen LogP contribution is 1.98. The molecule has 4 nitrogen and oxygen atoms in total. The summed E-state index contributed by atoms with van der Waals surface area (Å²) >= 11 is 1.31. The minimum atomic E-state index is 0.0940. The van der Waals surface area contributed by atoms with Gasteiger partial charge in [-0.1, -0.05) is 11.8 Å². The summed E-state index contributed by atoms with van der Waals surface area (Å²) in [5.41, 5.74) is 0. The lowest BCUT2D eigenvalue weighted by Gasteiger charge is -1.98. The third-order valence-corrected chi connectivity index (χ3v) is 1.64. The normalized spacial score (nSPS) is 10.7. The van der Waals surface area contributed by atoms with Gasteiger partial charge in [-0.2, -0.15) is 5.26 Å². The van der Waals surface area contributed by atoms with E-state index in [-0.39, 0.29) is 6.61 Å². The Morgan fingerprint density at radius 2 is 2.60 bits per heavy atom. The zero-order chi connectivity index (χ0) is 7.82. The molecular formula is C5H9N3OS. The lowest BCUT2D eigenvalue weighted by molar-refractivity contribution is 0.323. The third-order valence-electron chi connectivity index (χ3n) is 0.696. The molecule has 0 fully saturated rings. The summed E-state index contributed by atoms with van der Waals surface area (Å²) in [6.07, 6.45) is 1.74. The largest absolute Gasteiger partial charge is 0.396 e. The maximum Gasteiger partial charge on any atom is 0.183 e. The van der Waals surface area contributed by atoms with Crippen molar-refractivity contribution in [1.29, 1.82) is 5.26 Å². The number of aliphatic hydroxyl groups excluding tert-OH is 1. The maximum atomic E-state index is 8.39. The molecule has 2 N–H and O–H groups in total. The van der Waals surface area contributed by atoms with Crippen LogP contribution in [0.25, 0.3) is 0 Å². The zero-order valence-corrected chi connectivity index (χ0v) is 6.48. The number of hydrogen-bond donors (Lipinski definition) is 2. The van der Waals surface area contributed by atoms with E-state index in [1.54, 1.807) is 13.2 Å². The Bertz CT molecular complexity index is 151. The van der Waals surface area contributed by atoms with Crippen LogP contribution < -0.4 is 5.32 Å². The van der Waals surface area contributed by atoms with E-state index in [0.29, 0.717) is 10.9 Å². The highest BCUT2D eigenvalue weighted by Gasteiger charge is 1.94. The van der Waals surface area contributed by atoms with Gasteiger partial charge < -0.3 is 5.11 Å². The summed E-state index contributed by atoms with van der Waals surface area (Å²) in [5, 5.41) is 19.5. The molecule has 10 heavy (non-hydrogen) atoms. The molecule has 0 saturated carbocycles. The number of nitriles is 1. The summed E-state index contributed by atoms with van der Waals surface area (Å²) in [5.74, 6) is 0.557. The molecule has 5 heteroatoms. The van der Waals surface area contributed by atoms with Crippen LogP contribution in [0, 0.1) is 11.5 Å². The molecule has 0 atom stereocenters. The van der Waals surface area contributed by atoms with Crippen molar-refractivity contribution in [2.75, 3.05) is 19.4 Å². The maximum absolute atomic E-state index is 8.39. The fraction of sp³-hybridized carbons (Fsp3) is 0.600. The Kier molecular flexibility index (Phi) is 5.92. The van der Waals surface area contributed by atoms with Crippen molar-refractivity contribution in [3.05, 3.63) is 0 Å². The highest BCUT2D eigenvalue weighted by atomic mass is 32.2. The van der Waals surface area contributed by atoms with E-state index in [1.165, 1.54) is 11.8 Å². The average Bonchev–Trinajstić information content (AvgIpc) is 1.98. The molecule has 0 aromatic heterocycles. The van der Waals surface area contributed by atoms with Gasteiger partial charge in [0.25, 0.3) is 0 Å². The molecule has 0 unspecified atom stereocenters. The standard InChI is InChI=1S/C5H9N3OS/c1-7-5(8-4-6)10-3-2-9/h9H,2-3H2,1H3,(H,7,8). The monoisotopic (exact) mass is 159 g/mol. The Labute approximate surface area is 64.0 Å². The van der Waals surface area contributed by atoms with Crippen LogP contribution in [0.2, 0.25) is 0 Å². The van der Waals surface area contributed by atoms with E-state index in [4.69, 9.17) is 10.4 Å².